The fourth-order valence-electron chi connectivity index (χ4n) is 2.55. The van der Waals surface area contributed by atoms with Gasteiger partial charge in [0.05, 0.1) is 6.54 Å². The third-order valence-electron chi connectivity index (χ3n) is 4.26. The summed E-state index contributed by atoms with van der Waals surface area (Å²) in [5.74, 6) is 1.65. The number of guanidine groups is 1. The van der Waals surface area contributed by atoms with Gasteiger partial charge in [-0.1, -0.05) is 13.8 Å². The van der Waals surface area contributed by atoms with Crippen LogP contribution >= 0.6 is 24.0 Å². The molecule has 1 aliphatic heterocycles. The SMILES string of the molecule is CCNC(=NCC1(N(C)C)CCOCC1)NCCC(C)C.I. The van der Waals surface area contributed by atoms with Gasteiger partial charge in [-0.25, -0.2) is 0 Å². The lowest BCUT2D eigenvalue weighted by Gasteiger charge is -2.41. The number of likely N-dealkylation sites (N-methyl/N-ethyl adjacent to an activating group) is 1. The van der Waals surface area contributed by atoms with Gasteiger partial charge in [0.15, 0.2) is 5.96 Å². The largest absolute Gasteiger partial charge is 0.381 e. The molecule has 0 atom stereocenters. The number of hydrogen-bond acceptors (Lipinski definition) is 3. The molecule has 22 heavy (non-hydrogen) atoms. The monoisotopic (exact) mass is 426 g/mol. The zero-order valence-electron chi connectivity index (χ0n) is 14.9. The van der Waals surface area contributed by atoms with E-state index in [1.807, 2.05) is 0 Å². The summed E-state index contributed by atoms with van der Waals surface area (Å²) < 4.78 is 5.51. The number of halogens is 1. The molecule has 1 heterocycles. The summed E-state index contributed by atoms with van der Waals surface area (Å²) in [5.41, 5.74) is 0.138. The van der Waals surface area contributed by atoms with Crippen molar-refractivity contribution in [2.24, 2.45) is 10.9 Å². The number of nitrogens with one attached hydrogen (secondary N) is 2. The van der Waals surface area contributed by atoms with E-state index in [-0.39, 0.29) is 29.5 Å². The molecule has 0 spiro atoms. The molecule has 1 saturated heterocycles. The number of ether oxygens (including phenoxy) is 1. The van der Waals surface area contributed by atoms with E-state index in [4.69, 9.17) is 9.73 Å². The average Bonchev–Trinajstić information content (AvgIpc) is 2.45. The minimum Gasteiger partial charge on any atom is -0.381 e. The first-order chi connectivity index (χ1) is 10.00. The Labute approximate surface area is 153 Å². The molecule has 5 nitrogen and oxygen atoms in total. The molecule has 0 aromatic rings. The fourth-order valence-corrected chi connectivity index (χ4v) is 2.55. The van der Waals surface area contributed by atoms with Gasteiger partial charge in [0.2, 0.25) is 0 Å². The highest BCUT2D eigenvalue weighted by atomic mass is 127. The maximum atomic E-state index is 5.51. The Morgan fingerprint density at radius 1 is 1.23 bits per heavy atom. The molecule has 0 saturated carbocycles. The number of rotatable bonds is 7. The Balaban J connectivity index is 0.00000441. The Morgan fingerprint density at radius 3 is 2.36 bits per heavy atom. The normalized spacial score (nSPS) is 18.2. The van der Waals surface area contributed by atoms with Crippen molar-refractivity contribution in [1.29, 1.82) is 0 Å². The van der Waals surface area contributed by atoms with Crippen molar-refractivity contribution in [1.82, 2.24) is 15.5 Å². The van der Waals surface area contributed by atoms with Crippen molar-refractivity contribution in [2.45, 2.75) is 45.6 Å². The minimum atomic E-state index is 0. The third-order valence-corrected chi connectivity index (χ3v) is 4.26. The molecule has 0 unspecified atom stereocenters. The molecule has 0 aromatic carbocycles. The van der Waals surface area contributed by atoms with Crippen LogP contribution in [0.15, 0.2) is 4.99 Å². The van der Waals surface area contributed by atoms with Gasteiger partial charge >= 0.3 is 0 Å². The molecular weight excluding hydrogens is 391 g/mol. The van der Waals surface area contributed by atoms with Crippen molar-refractivity contribution < 1.29 is 4.74 Å². The van der Waals surface area contributed by atoms with E-state index in [0.29, 0.717) is 5.92 Å². The lowest BCUT2D eigenvalue weighted by Crippen LogP contribution is -2.51. The zero-order valence-corrected chi connectivity index (χ0v) is 17.3. The van der Waals surface area contributed by atoms with Gasteiger partial charge < -0.3 is 20.3 Å². The minimum absolute atomic E-state index is 0. The van der Waals surface area contributed by atoms with Gasteiger partial charge in [-0.2, -0.15) is 0 Å². The Kier molecular flexibility index (Phi) is 11.4. The van der Waals surface area contributed by atoms with E-state index in [1.165, 1.54) is 0 Å². The molecule has 1 rings (SSSR count). The highest BCUT2D eigenvalue weighted by Gasteiger charge is 2.34. The van der Waals surface area contributed by atoms with Crippen LogP contribution in [-0.2, 0) is 4.74 Å². The van der Waals surface area contributed by atoms with Gasteiger partial charge in [0.25, 0.3) is 0 Å². The predicted molar refractivity (Wildman–Crippen MR) is 105 cm³/mol. The van der Waals surface area contributed by atoms with Crippen LogP contribution in [0.2, 0.25) is 0 Å². The molecule has 132 valence electrons. The smallest absolute Gasteiger partial charge is 0.191 e. The van der Waals surface area contributed by atoms with Gasteiger partial charge in [-0.3, -0.25) is 4.99 Å². The van der Waals surface area contributed by atoms with Crippen LogP contribution in [0.25, 0.3) is 0 Å². The van der Waals surface area contributed by atoms with Crippen LogP contribution in [0.1, 0.15) is 40.0 Å². The molecule has 1 aliphatic rings. The predicted octanol–water partition coefficient (Wildman–Crippen LogP) is 2.32. The second-order valence-electron chi connectivity index (χ2n) is 6.54. The number of nitrogens with zero attached hydrogens (tertiary/aromatic N) is 2. The standard InChI is InChI=1S/C16H34N4O.HI/c1-6-17-15(18-10-7-14(2)3)19-13-16(20(4)5)8-11-21-12-9-16;/h14H,6-13H2,1-5H3,(H2,17,18,19);1H. The van der Waals surface area contributed by atoms with Crippen molar-refractivity contribution in [3.8, 4) is 0 Å². The quantitative estimate of drug-likeness (QED) is 0.373. The molecule has 1 fully saturated rings. The van der Waals surface area contributed by atoms with Gasteiger partial charge in [0, 0.05) is 31.8 Å². The lowest BCUT2D eigenvalue weighted by molar-refractivity contribution is -0.00254. The number of hydrogen-bond donors (Lipinski definition) is 2. The maximum absolute atomic E-state index is 5.51. The van der Waals surface area contributed by atoms with Gasteiger partial charge in [-0.05, 0) is 46.2 Å². The van der Waals surface area contributed by atoms with Crippen molar-refractivity contribution in [3.63, 3.8) is 0 Å². The third kappa shape index (κ3) is 7.46. The molecule has 0 amide bonds. The van der Waals surface area contributed by atoms with E-state index in [9.17, 15) is 0 Å². The number of aliphatic imine (C=N–C) groups is 1. The van der Waals surface area contributed by atoms with Crippen LogP contribution in [0, 0.1) is 5.92 Å². The highest BCUT2D eigenvalue weighted by molar-refractivity contribution is 14.0. The maximum Gasteiger partial charge on any atom is 0.191 e. The first-order valence-corrected chi connectivity index (χ1v) is 8.27. The second-order valence-corrected chi connectivity index (χ2v) is 6.54. The van der Waals surface area contributed by atoms with Gasteiger partial charge in [0.1, 0.15) is 0 Å². The van der Waals surface area contributed by atoms with Crippen molar-refractivity contribution in [2.75, 3.05) is 46.9 Å². The van der Waals surface area contributed by atoms with Crippen LogP contribution in [0.5, 0.6) is 0 Å². The molecule has 0 bridgehead atoms. The first kappa shape index (κ1) is 21.9. The summed E-state index contributed by atoms with van der Waals surface area (Å²) in [4.78, 5) is 7.14. The summed E-state index contributed by atoms with van der Waals surface area (Å²) in [6.07, 6.45) is 3.26. The van der Waals surface area contributed by atoms with Crippen molar-refractivity contribution >= 4 is 29.9 Å². The fraction of sp³-hybridized carbons (Fsp3) is 0.938. The molecule has 6 heteroatoms. The summed E-state index contributed by atoms with van der Waals surface area (Å²) in [7, 11) is 4.31. The van der Waals surface area contributed by atoms with Gasteiger partial charge in [-0.15, -0.1) is 24.0 Å². The van der Waals surface area contributed by atoms with Crippen LogP contribution < -0.4 is 10.6 Å². The average molecular weight is 426 g/mol. The first-order valence-electron chi connectivity index (χ1n) is 8.27. The summed E-state index contributed by atoms with van der Waals surface area (Å²) >= 11 is 0. The van der Waals surface area contributed by atoms with E-state index < -0.39 is 0 Å². The van der Waals surface area contributed by atoms with Crippen LogP contribution in [-0.4, -0.2) is 63.3 Å². The molecule has 0 radical (unpaired) electrons. The Morgan fingerprint density at radius 2 is 1.86 bits per heavy atom. The van der Waals surface area contributed by atoms with E-state index >= 15 is 0 Å². The van der Waals surface area contributed by atoms with Crippen LogP contribution in [0.4, 0.5) is 0 Å². The summed E-state index contributed by atoms with van der Waals surface area (Å²) in [6, 6.07) is 0. The summed E-state index contributed by atoms with van der Waals surface area (Å²) in [5, 5.41) is 6.78. The topological polar surface area (TPSA) is 48.9 Å². The second kappa shape index (κ2) is 11.5. The Bertz CT molecular complexity index is 315. The zero-order chi connectivity index (χ0) is 15.7. The van der Waals surface area contributed by atoms with Crippen molar-refractivity contribution in [3.05, 3.63) is 0 Å². The highest BCUT2D eigenvalue weighted by Crippen LogP contribution is 2.26. The molecule has 0 aliphatic carbocycles. The molecular formula is C16H35IN4O. The van der Waals surface area contributed by atoms with E-state index in [2.05, 4.69) is 50.4 Å². The van der Waals surface area contributed by atoms with E-state index in [0.717, 1.165) is 58.1 Å². The molecule has 0 aromatic heterocycles. The Hall–Kier alpha value is -0.0800. The summed E-state index contributed by atoms with van der Waals surface area (Å²) in [6.45, 7) is 11.0. The van der Waals surface area contributed by atoms with Crippen LogP contribution in [0.3, 0.4) is 0 Å². The van der Waals surface area contributed by atoms with E-state index in [1.54, 1.807) is 0 Å². The molecule has 2 N–H and O–H groups in total. The lowest BCUT2D eigenvalue weighted by atomic mass is 9.89.